The fourth-order valence-corrected chi connectivity index (χ4v) is 4.96. The Bertz CT molecular complexity index is 1090. The number of carbonyl (C=O) groups excluding carboxylic acids is 2. The molecule has 0 radical (unpaired) electrons. The van der Waals surface area contributed by atoms with Crippen LogP contribution in [0.4, 0.5) is 5.69 Å². The molecule has 1 aliphatic rings. The maximum atomic E-state index is 12.6. The Hall–Kier alpha value is -2.60. The van der Waals surface area contributed by atoms with Crippen LogP contribution >= 0.6 is 34.4 Å². The molecular weight excluding hydrogens is 571 g/mol. The largest absolute Gasteiger partial charge is 0.495 e. The van der Waals surface area contributed by atoms with E-state index in [1.165, 1.54) is 11.8 Å². The number of carbonyl (C=O) groups is 2. The lowest BCUT2D eigenvalue weighted by atomic mass is 10.2. The van der Waals surface area contributed by atoms with E-state index in [1.807, 2.05) is 38.1 Å². The quantitative estimate of drug-likeness (QED) is 0.234. The van der Waals surface area contributed by atoms with E-state index in [1.54, 1.807) is 26.2 Å². The highest BCUT2D eigenvalue weighted by Gasteiger charge is 2.28. The van der Waals surface area contributed by atoms with Gasteiger partial charge in [0, 0.05) is 0 Å². The SMILES string of the molecule is CCOC(=O)COc1c(I)cc(/C=C2\SC(Nc3cc(C)ccc3OC)NC2=O)cc1OCC. The monoisotopic (exact) mass is 598 g/mol. The van der Waals surface area contributed by atoms with Gasteiger partial charge in [0.1, 0.15) is 5.75 Å². The third-order valence-electron chi connectivity index (χ3n) is 4.64. The van der Waals surface area contributed by atoms with Gasteiger partial charge < -0.3 is 29.6 Å². The molecule has 3 rings (SSSR count). The lowest BCUT2D eigenvalue weighted by Gasteiger charge is -2.16. The minimum absolute atomic E-state index is 0.176. The van der Waals surface area contributed by atoms with E-state index in [9.17, 15) is 9.59 Å². The molecule has 2 aromatic rings. The summed E-state index contributed by atoms with van der Waals surface area (Å²) in [6, 6.07) is 9.48. The van der Waals surface area contributed by atoms with Gasteiger partial charge in [0.05, 0.1) is 34.5 Å². The highest BCUT2D eigenvalue weighted by atomic mass is 127. The molecule has 182 valence electrons. The van der Waals surface area contributed by atoms with Crippen molar-refractivity contribution in [1.82, 2.24) is 5.32 Å². The van der Waals surface area contributed by atoms with Crippen molar-refractivity contribution in [2.45, 2.75) is 26.3 Å². The van der Waals surface area contributed by atoms with Crippen LogP contribution in [0.3, 0.4) is 0 Å². The molecule has 1 amide bonds. The van der Waals surface area contributed by atoms with E-state index in [2.05, 4.69) is 33.2 Å². The minimum Gasteiger partial charge on any atom is -0.495 e. The molecule has 0 aromatic heterocycles. The third kappa shape index (κ3) is 6.72. The summed E-state index contributed by atoms with van der Waals surface area (Å²) in [6.45, 7) is 6.10. The first kappa shape index (κ1) is 26.0. The Kier molecular flexibility index (Phi) is 9.34. The number of nitrogens with one attached hydrogen (secondary N) is 2. The number of esters is 1. The first-order valence-electron chi connectivity index (χ1n) is 10.7. The molecule has 1 heterocycles. The van der Waals surface area contributed by atoms with Crippen LogP contribution in [0.1, 0.15) is 25.0 Å². The predicted octanol–water partition coefficient (Wildman–Crippen LogP) is 4.55. The summed E-state index contributed by atoms with van der Waals surface area (Å²) < 4.78 is 22.5. The summed E-state index contributed by atoms with van der Waals surface area (Å²) in [4.78, 5) is 24.9. The van der Waals surface area contributed by atoms with Crippen molar-refractivity contribution in [1.29, 1.82) is 0 Å². The number of benzene rings is 2. The highest BCUT2D eigenvalue weighted by Crippen LogP contribution is 2.37. The fraction of sp³-hybridized carbons (Fsp3) is 0.333. The smallest absolute Gasteiger partial charge is 0.344 e. The average molecular weight is 598 g/mol. The van der Waals surface area contributed by atoms with Gasteiger partial charge >= 0.3 is 5.97 Å². The fourth-order valence-electron chi connectivity index (χ4n) is 3.20. The molecule has 0 aliphatic carbocycles. The van der Waals surface area contributed by atoms with Gasteiger partial charge in [-0.2, -0.15) is 0 Å². The molecule has 34 heavy (non-hydrogen) atoms. The molecule has 1 saturated heterocycles. The Morgan fingerprint density at radius 2 is 1.97 bits per heavy atom. The molecule has 10 heteroatoms. The van der Waals surface area contributed by atoms with Crippen molar-refractivity contribution >= 4 is 58.0 Å². The van der Waals surface area contributed by atoms with Gasteiger partial charge in [-0.05, 0) is 84.8 Å². The van der Waals surface area contributed by atoms with Crippen LogP contribution in [0.5, 0.6) is 17.2 Å². The number of amides is 1. The summed E-state index contributed by atoms with van der Waals surface area (Å²) in [7, 11) is 1.61. The van der Waals surface area contributed by atoms with Crippen LogP contribution in [-0.2, 0) is 14.3 Å². The Morgan fingerprint density at radius 3 is 2.68 bits per heavy atom. The number of hydrogen-bond donors (Lipinski definition) is 2. The van der Waals surface area contributed by atoms with Crippen molar-refractivity contribution in [2.75, 3.05) is 32.2 Å². The van der Waals surface area contributed by atoms with E-state index >= 15 is 0 Å². The molecular formula is C24H27IN2O6S. The Labute approximate surface area is 216 Å². The highest BCUT2D eigenvalue weighted by molar-refractivity contribution is 14.1. The van der Waals surface area contributed by atoms with Gasteiger partial charge in [-0.1, -0.05) is 17.8 Å². The summed E-state index contributed by atoms with van der Waals surface area (Å²) in [5.41, 5.74) is 2.32. The lowest BCUT2D eigenvalue weighted by molar-refractivity contribution is -0.145. The van der Waals surface area contributed by atoms with E-state index in [0.717, 1.165) is 20.4 Å². The second-order valence-corrected chi connectivity index (χ2v) is 9.49. The lowest BCUT2D eigenvalue weighted by Crippen LogP contribution is -2.31. The second kappa shape index (κ2) is 12.2. The third-order valence-corrected chi connectivity index (χ3v) is 6.47. The normalized spacial score (nSPS) is 16.2. The zero-order valence-corrected chi connectivity index (χ0v) is 22.4. The summed E-state index contributed by atoms with van der Waals surface area (Å²) in [5, 5.41) is 6.25. The van der Waals surface area contributed by atoms with Crippen molar-refractivity contribution < 1.29 is 28.5 Å². The summed E-state index contributed by atoms with van der Waals surface area (Å²) >= 11 is 3.50. The molecule has 1 fully saturated rings. The van der Waals surface area contributed by atoms with Crippen LogP contribution in [0.25, 0.3) is 6.08 Å². The number of ether oxygens (including phenoxy) is 4. The molecule has 0 spiro atoms. The molecule has 2 aromatic carbocycles. The van der Waals surface area contributed by atoms with Gasteiger partial charge in [-0.15, -0.1) is 0 Å². The first-order chi connectivity index (χ1) is 16.3. The molecule has 2 N–H and O–H groups in total. The molecule has 0 bridgehead atoms. The molecule has 8 nitrogen and oxygen atoms in total. The van der Waals surface area contributed by atoms with Gasteiger partial charge in [0.2, 0.25) is 0 Å². The number of rotatable bonds is 10. The Morgan fingerprint density at radius 1 is 1.18 bits per heavy atom. The van der Waals surface area contributed by atoms with E-state index in [0.29, 0.717) is 28.8 Å². The van der Waals surface area contributed by atoms with Crippen LogP contribution in [0.15, 0.2) is 35.2 Å². The van der Waals surface area contributed by atoms with E-state index < -0.39 is 5.97 Å². The summed E-state index contributed by atoms with van der Waals surface area (Å²) in [5.74, 6) is 1.03. The number of methoxy groups -OCH3 is 1. The average Bonchev–Trinajstić information content (AvgIpc) is 3.12. The number of aryl methyl sites for hydroxylation is 1. The predicted molar refractivity (Wildman–Crippen MR) is 141 cm³/mol. The van der Waals surface area contributed by atoms with E-state index in [4.69, 9.17) is 18.9 Å². The minimum atomic E-state index is -0.449. The number of hydrogen-bond acceptors (Lipinski definition) is 8. The van der Waals surface area contributed by atoms with Gasteiger partial charge in [0.15, 0.2) is 23.6 Å². The Balaban J connectivity index is 1.78. The van der Waals surface area contributed by atoms with Gasteiger partial charge in [0.25, 0.3) is 5.91 Å². The van der Waals surface area contributed by atoms with Crippen LogP contribution < -0.4 is 24.8 Å². The van der Waals surface area contributed by atoms with Gasteiger partial charge in [-0.25, -0.2) is 4.79 Å². The number of anilines is 1. The maximum absolute atomic E-state index is 12.6. The standard InChI is InChI=1S/C24H27IN2O6S/c1-5-31-19-11-15(10-16(25)22(19)33-13-21(28)32-6-2)12-20-23(29)27-24(34-20)26-17-9-14(3)7-8-18(17)30-4/h7-12,24,26H,5-6,13H2,1-4H3,(H,27,29)/b20-12-. The van der Waals surface area contributed by atoms with Crippen molar-refractivity contribution in [3.05, 3.63) is 49.9 Å². The van der Waals surface area contributed by atoms with Crippen molar-refractivity contribution in [2.24, 2.45) is 0 Å². The zero-order valence-electron chi connectivity index (χ0n) is 19.4. The number of thioether (sulfide) groups is 1. The molecule has 1 atom stereocenters. The van der Waals surface area contributed by atoms with Crippen LogP contribution in [-0.4, -0.2) is 44.3 Å². The first-order valence-corrected chi connectivity index (χ1v) is 12.7. The zero-order chi connectivity index (χ0) is 24.7. The maximum Gasteiger partial charge on any atom is 0.344 e. The van der Waals surface area contributed by atoms with Crippen LogP contribution in [0, 0.1) is 10.5 Å². The molecule has 0 saturated carbocycles. The van der Waals surface area contributed by atoms with Crippen LogP contribution in [0.2, 0.25) is 0 Å². The van der Waals surface area contributed by atoms with Gasteiger partial charge in [-0.3, -0.25) is 4.79 Å². The topological polar surface area (TPSA) is 95.1 Å². The second-order valence-electron chi connectivity index (χ2n) is 7.18. The summed E-state index contributed by atoms with van der Waals surface area (Å²) in [6.07, 6.45) is 1.80. The van der Waals surface area contributed by atoms with Crippen molar-refractivity contribution in [3.8, 4) is 17.2 Å². The molecule has 1 unspecified atom stereocenters. The van der Waals surface area contributed by atoms with Crippen molar-refractivity contribution in [3.63, 3.8) is 0 Å². The van der Waals surface area contributed by atoms with E-state index in [-0.39, 0.29) is 24.6 Å². The molecule has 1 aliphatic heterocycles. The number of halogens is 1.